The molecule has 5 heteroatoms. The lowest BCUT2D eigenvalue weighted by atomic mass is 10.3. The van der Waals surface area contributed by atoms with Crippen LogP contribution in [0.15, 0.2) is 16.5 Å². The van der Waals surface area contributed by atoms with Crippen LogP contribution in [0, 0.1) is 0 Å². The van der Waals surface area contributed by atoms with Crippen molar-refractivity contribution in [2.45, 2.75) is 19.9 Å². The highest BCUT2D eigenvalue weighted by atomic mass is 16.3. The first-order valence-electron chi connectivity index (χ1n) is 5.04. The Bertz CT molecular complexity index is 309. The van der Waals surface area contributed by atoms with Crippen LogP contribution in [0.1, 0.15) is 18.4 Å². The van der Waals surface area contributed by atoms with E-state index in [4.69, 9.17) is 10.2 Å². The van der Waals surface area contributed by atoms with E-state index in [-0.39, 0.29) is 0 Å². The van der Waals surface area contributed by atoms with Gasteiger partial charge in [0.25, 0.3) is 0 Å². The summed E-state index contributed by atoms with van der Waals surface area (Å²) in [6.45, 7) is 3.91. The van der Waals surface area contributed by atoms with E-state index in [9.17, 15) is 4.79 Å². The van der Waals surface area contributed by atoms with E-state index in [2.05, 4.69) is 10.6 Å². The normalized spacial score (nSPS) is 10.2. The van der Waals surface area contributed by atoms with Gasteiger partial charge < -0.3 is 20.8 Å². The van der Waals surface area contributed by atoms with Gasteiger partial charge in [-0.3, -0.25) is 0 Å². The first-order valence-corrected chi connectivity index (χ1v) is 5.04. The van der Waals surface area contributed by atoms with Crippen LogP contribution in [0.3, 0.4) is 0 Å². The Labute approximate surface area is 89.0 Å². The first-order chi connectivity index (χ1) is 7.22. The second-order valence-electron chi connectivity index (χ2n) is 3.19. The Hall–Kier alpha value is -1.49. The van der Waals surface area contributed by atoms with Crippen LogP contribution in [-0.4, -0.2) is 19.1 Å². The van der Waals surface area contributed by atoms with Crippen LogP contribution in [-0.2, 0) is 13.0 Å². The highest BCUT2D eigenvalue weighted by Gasteiger charge is 1.99. The van der Waals surface area contributed by atoms with E-state index in [0.29, 0.717) is 19.6 Å². The highest BCUT2D eigenvalue weighted by molar-refractivity contribution is 5.71. The molecule has 1 aromatic rings. The molecular weight excluding hydrogens is 194 g/mol. The Morgan fingerprint density at radius 1 is 1.40 bits per heavy atom. The lowest BCUT2D eigenvalue weighted by molar-refractivity contribution is 0.249. The quantitative estimate of drug-likeness (QED) is 0.603. The van der Waals surface area contributed by atoms with Gasteiger partial charge in [0.2, 0.25) is 0 Å². The number of hydrogen-bond acceptors (Lipinski definition) is 3. The molecule has 0 spiro atoms. The maximum atomic E-state index is 10.3. The predicted molar refractivity (Wildman–Crippen MR) is 57.4 cm³/mol. The van der Waals surface area contributed by atoms with E-state index in [1.165, 1.54) is 0 Å². The number of amides is 2. The van der Waals surface area contributed by atoms with Gasteiger partial charge in [0, 0.05) is 19.5 Å². The summed E-state index contributed by atoms with van der Waals surface area (Å²) in [5.74, 6) is 1.90. The summed E-state index contributed by atoms with van der Waals surface area (Å²) in [6, 6.07) is 3.43. The molecule has 0 radical (unpaired) electrons. The minimum atomic E-state index is -0.497. The molecule has 0 aliphatic heterocycles. The zero-order valence-corrected chi connectivity index (χ0v) is 8.88. The van der Waals surface area contributed by atoms with E-state index < -0.39 is 6.03 Å². The molecule has 5 nitrogen and oxygen atoms in total. The van der Waals surface area contributed by atoms with Gasteiger partial charge >= 0.3 is 6.03 Å². The summed E-state index contributed by atoms with van der Waals surface area (Å²) in [4.78, 5) is 10.3. The van der Waals surface area contributed by atoms with Crippen molar-refractivity contribution >= 4 is 6.03 Å². The second kappa shape index (κ2) is 6.08. The molecule has 0 atom stereocenters. The standard InChI is InChI=1S/C10H17N3O2/c1-2-8-3-4-9(15-8)7-12-5-6-13-10(11)14/h3-4,12H,2,5-7H2,1H3,(H3,11,13,14). The monoisotopic (exact) mass is 211 g/mol. The lowest BCUT2D eigenvalue weighted by Crippen LogP contribution is -2.35. The average molecular weight is 211 g/mol. The molecule has 1 aromatic heterocycles. The van der Waals surface area contributed by atoms with Crippen molar-refractivity contribution in [3.05, 3.63) is 23.7 Å². The van der Waals surface area contributed by atoms with Gasteiger partial charge in [0.15, 0.2) is 0 Å². The van der Waals surface area contributed by atoms with Crippen LogP contribution in [0.25, 0.3) is 0 Å². The third-order valence-corrected chi connectivity index (χ3v) is 1.97. The summed E-state index contributed by atoms with van der Waals surface area (Å²) in [5, 5.41) is 5.62. The molecule has 0 saturated carbocycles. The fourth-order valence-electron chi connectivity index (χ4n) is 1.19. The van der Waals surface area contributed by atoms with E-state index in [0.717, 1.165) is 17.9 Å². The van der Waals surface area contributed by atoms with Crippen molar-refractivity contribution in [1.82, 2.24) is 10.6 Å². The summed E-state index contributed by atoms with van der Waals surface area (Å²) in [7, 11) is 0. The van der Waals surface area contributed by atoms with E-state index in [1.807, 2.05) is 19.1 Å². The topological polar surface area (TPSA) is 80.3 Å². The van der Waals surface area contributed by atoms with Crippen LogP contribution in [0.5, 0.6) is 0 Å². The lowest BCUT2D eigenvalue weighted by Gasteiger charge is -2.02. The Kier molecular flexibility index (Phi) is 4.70. The van der Waals surface area contributed by atoms with Crippen LogP contribution in [0.2, 0.25) is 0 Å². The number of urea groups is 1. The number of carbonyl (C=O) groups excluding carboxylic acids is 1. The van der Waals surface area contributed by atoms with Crippen LogP contribution in [0.4, 0.5) is 4.79 Å². The third-order valence-electron chi connectivity index (χ3n) is 1.97. The number of primary amides is 1. The molecule has 1 rings (SSSR count). The summed E-state index contributed by atoms with van der Waals surface area (Å²) >= 11 is 0. The maximum Gasteiger partial charge on any atom is 0.312 e. The molecule has 0 fully saturated rings. The number of furan rings is 1. The van der Waals surface area contributed by atoms with Gasteiger partial charge in [-0.1, -0.05) is 6.92 Å². The fourth-order valence-corrected chi connectivity index (χ4v) is 1.19. The number of hydrogen-bond donors (Lipinski definition) is 3. The number of aryl methyl sites for hydroxylation is 1. The fraction of sp³-hybridized carbons (Fsp3) is 0.500. The molecular formula is C10H17N3O2. The molecule has 0 saturated heterocycles. The van der Waals surface area contributed by atoms with Gasteiger partial charge in [-0.2, -0.15) is 0 Å². The molecule has 2 amide bonds. The van der Waals surface area contributed by atoms with Gasteiger partial charge in [0.1, 0.15) is 11.5 Å². The number of nitrogens with one attached hydrogen (secondary N) is 2. The third kappa shape index (κ3) is 4.51. The number of rotatable bonds is 6. The molecule has 0 bridgehead atoms. The highest BCUT2D eigenvalue weighted by Crippen LogP contribution is 2.07. The minimum Gasteiger partial charge on any atom is -0.465 e. The molecule has 0 aromatic carbocycles. The smallest absolute Gasteiger partial charge is 0.312 e. The van der Waals surface area contributed by atoms with Crippen molar-refractivity contribution in [2.75, 3.05) is 13.1 Å². The van der Waals surface area contributed by atoms with Crippen molar-refractivity contribution in [3.8, 4) is 0 Å². The summed E-state index contributed by atoms with van der Waals surface area (Å²) in [6.07, 6.45) is 0.906. The second-order valence-corrected chi connectivity index (χ2v) is 3.19. The maximum absolute atomic E-state index is 10.3. The van der Waals surface area contributed by atoms with Gasteiger partial charge in [-0.05, 0) is 12.1 Å². The van der Waals surface area contributed by atoms with Crippen LogP contribution >= 0.6 is 0 Å². The average Bonchev–Trinajstić information content (AvgIpc) is 2.65. The van der Waals surface area contributed by atoms with Gasteiger partial charge in [0.05, 0.1) is 6.54 Å². The molecule has 84 valence electrons. The minimum absolute atomic E-state index is 0.497. The van der Waals surface area contributed by atoms with Crippen LogP contribution < -0.4 is 16.4 Å². The van der Waals surface area contributed by atoms with Crippen molar-refractivity contribution in [2.24, 2.45) is 5.73 Å². The molecule has 15 heavy (non-hydrogen) atoms. The predicted octanol–water partition coefficient (Wildman–Crippen LogP) is 0.600. The SMILES string of the molecule is CCc1ccc(CNCCNC(N)=O)o1. The van der Waals surface area contributed by atoms with E-state index >= 15 is 0 Å². The Balaban J connectivity index is 2.12. The summed E-state index contributed by atoms with van der Waals surface area (Å²) < 4.78 is 5.49. The zero-order valence-electron chi connectivity index (χ0n) is 8.88. The van der Waals surface area contributed by atoms with E-state index in [1.54, 1.807) is 0 Å². The Morgan fingerprint density at radius 3 is 2.73 bits per heavy atom. The number of carbonyl (C=O) groups is 1. The molecule has 0 aliphatic rings. The largest absolute Gasteiger partial charge is 0.465 e. The van der Waals surface area contributed by atoms with Crippen molar-refractivity contribution in [3.63, 3.8) is 0 Å². The first kappa shape index (κ1) is 11.6. The van der Waals surface area contributed by atoms with Gasteiger partial charge in [-0.15, -0.1) is 0 Å². The van der Waals surface area contributed by atoms with Crippen molar-refractivity contribution < 1.29 is 9.21 Å². The molecule has 4 N–H and O–H groups in total. The summed E-state index contributed by atoms with van der Waals surface area (Å²) in [5.41, 5.74) is 4.91. The van der Waals surface area contributed by atoms with Gasteiger partial charge in [-0.25, -0.2) is 4.79 Å². The molecule has 0 unspecified atom stereocenters. The van der Waals surface area contributed by atoms with Crippen molar-refractivity contribution in [1.29, 1.82) is 0 Å². The zero-order chi connectivity index (χ0) is 11.1. The number of nitrogens with two attached hydrogens (primary N) is 1. The molecule has 0 aliphatic carbocycles. The Morgan fingerprint density at radius 2 is 2.13 bits per heavy atom. The molecule has 1 heterocycles.